The van der Waals surface area contributed by atoms with Crippen LogP contribution in [-0.4, -0.2) is 20.7 Å². The molecular weight excluding hydrogens is 372 g/mol. The van der Waals surface area contributed by atoms with Gasteiger partial charge in [0.25, 0.3) is 0 Å². The van der Waals surface area contributed by atoms with Crippen LogP contribution in [0.25, 0.3) is 0 Å². The Kier molecular flexibility index (Phi) is 5.21. The van der Waals surface area contributed by atoms with Crippen LogP contribution in [0, 0.1) is 21.7 Å². The van der Waals surface area contributed by atoms with Gasteiger partial charge in [-0.25, -0.2) is 18.7 Å². The second kappa shape index (κ2) is 7.74. The van der Waals surface area contributed by atoms with Gasteiger partial charge in [0, 0.05) is 17.3 Å². The Morgan fingerprint density at radius 1 is 1.07 bits per heavy atom. The minimum absolute atomic E-state index is 0.161. The van der Waals surface area contributed by atoms with E-state index >= 15 is 0 Å². The van der Waals surface area contributed by atoms with E-state index in [0.717, 1.165) is 18.5 Å². The highest BCUT2D eigenvalue weighted by Crippen LogP contribution is 2.33. The SMILES string of the molecule is CC(=O)c1cccc(Nc2ncnc(Nc3ccc(F)cc3F)c2[N+](=O)[O-])c1. The average molecular weight is 385 g/mol. The van der Waals surface area contributed by atoms with E-state index in [4.69, 9.17) is 0 Å². The Bertz CT molecular complexity index is 1070. The number of hydrogen-bond donors (Lipinski definition) is 2. The van der Waals surface area contributed by atoms with Crippen molar-refractivity contribution < 1.29 is 18.5 Å². The van der Waals surface area contributed by atoms with Crippen molar-refractivity contribution in [3.8, 4) is 0 Å². The topological polar surface area (TPSA) is 110 Å². The molecule has 0 aliphatic carbocycles. The quantitative estimate of drug-likeness (QED) is 0.369. The van der Waals surface area contributed by atoms with Crippen LogP contribution >= 0.6 is 0 Å². The Balaban J connectivity index is 1.99. The van der Waals surface area contributed by atoms with Crippen molar-refractivity contribution in [2.75, 3.05) is 10.6 Å². The van der Waals surface area contributed by atoms with E-state index < -0.39 is 22.2 Å². The van der Waals surface area contributed by atoms with Crippen LogP contribution in [-0.2, 0) is 0 Å². The molecule has 3 aromatic rings. The third-order valence-electron chi connectivity index (χ3n) is 3.72. The molecule has 1 heterocycles. The fourth-order valence-corrected chi connectivity index (χ4v) is 2.41. The molecule has 0 amide bonds. The summed E-state index contributed by atoms with van der Waals surface area (Å²) >= 11 is 0. The largest absolute Gasteiger partial charge is 0.353 e. The van der Waals surface area contributed by atoms with Crippen molar-refractivity contribution in [2.45, 2.75) is 6.92 Å². The normalized spacial score (nSPS) is 10.4. The minimum atomic E-state index is -0.934. The third kappa shape index (κ3) is 4.06. The molecule has 0 aliphatic rings. The standard InChI is InChI=1S/C18H13F2N5O3/c1-10(26)11-3-2-4-13(7-11)23-17-16(25(27)28)18(22-9-21-17)24-15-6-5-12(19)8-14(15)20/h2-9H,1H3,(H2,21,22,23,24). The molecule has 0 fully saturated rings. The van der Waals surface area contributed by atoms with Crippen molar-refractivity contribution in [3.63, 3.8) is 0 Å². The molecule has 10 heteroatoms. The lowest BCUT2D eigenvalue weighted by Crippen LogP contribution is -2.06. The number of ketones is 1. The Labute approximate surface area is 157 Å². The summed E-state index contributed by atoms with van der Waals surface area (Å²) in [6.07, 6.45) is 1.05. The fraction of sp³-hybridized carbons (Fsp3) is 0.0556. The maximum Gasteiger partial charge on any atom is 0.353 e. The smallest absolute Gasteiger partial charge is 0.334 e. The predicted molar refractivity (Wildman–Crippen MR) is 98.1 cm³/mol. The monoisotopic (exact) mass is 385 g/mol. The van der Waals surface area contributed by atoms with Crippen LogP contribution in [0.3, 0.4) is 0 Å². The maximum absolute atomic E-state index is 13.9. The number of Topliss-reactive ketones (excluding diaryl/α,β-unsaturated/α-hetero) is 1. The van der Waals surface area contributed by atoms with Gasteiger partial charge in [0.15, 0.2) is 5.78 Å². The lowest BCUT2D eigenvalue weighted by Gasteiger charge is -2.11. The molecular formula is C18H13F2N5O3. The van der Waals surface area contributed by atoms with E-state index in [1.54, 1.807) is 18.2 Å². The Morgan fingerprint density at radius 2 is 1.79 bits per heavy atom. The molecule has 1 aromatic heterocycles. The van der Waals surface area contributed by atoms with Gasteiger partial charge in [0.1, 0.15) is 18.0 Å². The van der Waals surface area contributed by atoms with Gasteiger partial charge in [-0.1, -0.05) is 12.1 Å². The van der Waals surface area contributed by atoms with Gasteiger partial charge in [-0.15, -0.1) is 0 Å². The first-order valence-electron chi connectivity index (χ1n) is 7.94. The van der Waals surface area contributed by atoms with Gasteiger partial charge in [-0.05, 0) is 31.2 Å². The first kappa shape index (κ1) is 18.8. The number of benzene rings is 2. The number of rotatable bonds is 6. The third-order valence-corrected chi connectivity index (χ3v) is 3.72. The van der Waals surface area contributed by atoms with Gasteiger partial charge in [0.2, 0.25) is 11.6 Å². The molecule has 2 N–H and O–H groups in total. The number of aromatic nitrogens is 2. The molecule has 8 nitrogen and oxygen atoms in total. The van der Waals surface area contributed by atoms with E-state index in [1.165, 1.54) is 13.0 Å². The number of nitrogens with zero attached hydrogens (tertiary/aromatic N) is 3. The summed E-state index contributed by atoms with van der Waals surface area (Å²) in [5, 5.41) is 16.8. The zero-order valence-electron chi connectivity index (χ0n) is 14.4. The number of carbonyl (C=O) groups excluding carboxylic acids is 1. The number of hydrogen-bond acceptors (Lipinski definition) is 7. The molecule has 0 aliphatic heterocycles. The van der Waals surface area contributed by atoms with Crippen molar-refractivity contribution in [2.24, 2.45) is 0 Å². The van der Waals surface area contributed by atoms with Gasteiger partial charge < -0.3 is 10.6 Å². The second-order valence-corrected chi connectivity index (χ2v) is 5.69. The number of nitro groups is 1. The van der Waals surface area contributed by atoms with Crippen LogP contribution in [0.1, 0.15) is 17.3 Å². The molecule has 0 radical (unpaired) electrons. The number of halogens is 2. The predicted octanol–water partition coefficient (Wildman–Crippen LogP) is 4.35. The first-order valence-corrected chi connectivity index (χ1v) is 7.94. The summed E-state index contributed by atoms with van der Waals surface area (Å²) in [7, 11) is 0. The Hall–Kier alpha value is -3.95. The summed E-state index contributed by atoms with van der Waals surface area (Å²) < 4.78 is 26.9. The lowest BCUT2D eigenvalue weighted by molar-refractivity contribution is -0.383. The summed E-state index contributed by atoms with van der Waals surface area (Å²) in [6.45, 7) is 1.39. The highest BCUT2D eigenvalue weighted by molar-refractivity contribution is 5.95. The van der Waals surface area contributed by atoms with Crippen LogP contribution in [0.15, 0.2) is 48.8 Å². The van der Waals surface area contributed by atoms with E-state index in [1.807, 2.05) is 0 Å². The summed E-state index contributed by atoms with van der Waals surface area (Å²) in [5.41, 5.74) is 0.0778. The van der Waals surface area contributed by atoms with E-state index in [9.17, 15) is 23.7 Å². The molecule has 28 heavy (non-hydrogen) atoms. The molecule has 2 aromatic carbocycles. The number of carbonyl (C=O) groups is 1. The van der Waals surface area contributed by atoms with Crippen molar-refractivity contribution in [1.29, 1.82) is 0 Å². The van der Waals surface area contributed by atoms with Gasteiger partial charge >= 0.3 is 5.69 Å². The zero-order chi connectivity index (χ0) is 20.3. The zero-order valence-corrected chi connectivity index (χ0v) is 14.4. The summed E-state index contributed by atoms with van der Waals surface area (Å²) in [4.78, 5) is 30.0. The molecule has 142 valence electrons. The van der Waals surface area contributed by atoms with E-state index in [0.29, 0.717) is 17.3 Å². The van der Waals surface area contributed by atoms with Gasteiger partial charge in [0.05, 0.1) is 10.6 Å². The fourth-order valence-electron chi connectivity index (χ4n) is 2.41. The van der Waals surface area contributed by atoms with Crippen LogP contribution in [0.5, 0.6) is 0 Å². The second-order valence-electron chi connectivity index (χ2n) is 5.69. The van der Waals surface area contributed by atoms with Gasteiger partial charge in [-0.3, -0.25) is 14.9 Å². The molecule has 3 rings (SSSR count). The van der Waals surface area contributed by atoms with Crippen LogP contribution < -0.4 is 10.6 Å². The Morgan fingerprint density at radius 3 is 2.43 bits per heavy atom. The molecule has 0 saturated heterocycles. The molecule has 0 bridgehead atoms. The van der Waals surface area contributed by atoms with E-state index in [-0.39, 0.29) is 23.1 Å². The van der Waals surface area contributed by atoms with Crippen LogP contribution in [0.2, 0.25) is 0 Å². The number of nitrogens with one attached hydrogen (secondary N) is 2. The highest BCUT2D eigenvalue weighted by atomic mass is 19.1. The lowest BCUT2D eigenvalue weighted by atomic mass is 10.1. The van der Waals surface area contributed by atoms with E-state index in [2.05, 4.69) is 20.6 Å². The highest BCUT2D eigenvalue weighted by Gasteiger charge is 2.24. The maximum atomic E-state index is 13.9. The van der Waals surface area contributed by atoms with Crippen LogP contribution in [0.4, 0.5) is 37.5 Å². The first-order chi connectivity index (χ1) is 13.3. The molecule has 0 atom stereocenters. The van der Waals surface area contributed by atoms with Crippen molar-refractivity contribution in [1.82, 2.24) is 9.97 Å². The minimum Gasteiger partial charge on any atom is -0.334 e. The number of anilines is 4. The van der Waals surface area contributed by atoms with Crippen molar-refractivity contribution >= 4 is 34.5 Å². The molecule has 0 saturated carbocycles. The van der Waals surface area contributed by atoms with Gasteiger partial charge in [-0.2, -0.15) is 0 Å². The summed E-state index contributed by atoms with van der Waals surface area (Å²) in [5.74, 6) is -2.33. The summed E-state index contributed by atoms with van der Waals surface area (Å²) in [6, 6.07) is 9.07. The van der Waals surface area contributed by atoms with Crippen molar-refractivity contribution in [3.05, 3.63) is 76.1 Å². The average Bonchev–Trinajstić information content (AvgIpc) is 2.64. The molecule has 0 unspecified atom stereocenters. The molecule has 0 spiro atoms.